The van der Waals surface area contributed by atoms with Crippen molar-refractivity contribution in [3.8, 4) is 5.69 Å². The fraction of sp³-hybridized carbons (Fsp3) is 0.391. The molecule has 1 fully saturated rings. The van der Waals surface area contributed by atoms with Crippen molar-refractivity contribution in [1.29, 1.82) is 0 Å². The second kappa shape index (κ2) is 8.82. The molecule has 1 aliphatic rings. The Bertz CT molecular complexity index is 909. The van der Waals surface area contributed by atoms with E-state index in [1.165, 1.54) is 23.3 Å². The maximum atomic E-state index is 12.5. The van der Waals surface area contributed by atoms with Crippen LogP contribution in [0.15, 0.2) is 35.2 Å². The smallest absolute Gasteiger partial charge is 0.293 e. The summed E-state index contributed by atoms with van der Waals surface area (Å²) in [5.41, 5.74) is 5.64. The van der Waals surface area contributed by atoms with E-state index in [-0.39, 0.29) is 11.1 Å². The van der Waals surface area contributed by atoms with E-state index in [2.05, 4.69) is 55.7 Å². The predicted octanol–water partition coefficient (Wildman–Crippen LogP) is 5.88. The highest BCUT2D eigenvalue weighted by molar-refractivity contribution is 8.18. The molecule has 2 aromatic rings. The summed E-state index contributed by atoms with van der Waals surface area (Å²) in [6.45, 7) is 8.77. The lowest BCUT2D eigenvalue weighted by Gasteiger charge is -2.11. The second-order valence-electron chi connectivity index (χ2n) is 7.27. The van der Waals surface area contributed by atoms with Crippen LogP contribution in [0.2, 0.25) is 0 Å². The Morgan fingerprint density at radius 2 is 1.75 bits per heavy atom. The number of nitrogens with zero attached hydrogens (tertiary/aromatic N) is 2. The van der Waals surface area contributed by atoms with Crippen molar-refractivity contribution >= 4 is 29.0 Å². The third kappa shape index (κ3) is 4.09. The molecule has 0 N–H and O–H groups in total. The summed E-state index contributed by atoms with van der Waals surface area (Å²) < 4.78 is 2.20. The Kier molecular flexibility index (Phi) is 6.45. The number of carbonyl (C=O) groups is 2. The van der Waals surface area contributed by atoms with Gasteiger partial charge in [0.25, 0.3) is 11.1 Å². The number of unbranched alkanes of at least 4 members (excludes halogenated alkanes) is 1. The first-order chi connectivity index (χ1) is 13.5. The van der Waals surface area contributed by atoms with E-state index >= 15 is 0 Å². The molecule has 28 heavy (non-hydrogen) atoms. The molecule has 3 rings (SSSR count). The van der Waals surface area contributed by atoms with Crippen LogP contribution in [-0.2, 0) is 11.2 Å². The minimum Gasteiger partial charge on any atom is -0.318 e. The van der Waals surface area contributed by atoms with Gasteiger partial charge in [0.05, 0.1) is 4.91 Å². The fourth-order valence-electron chi connectivity index (χ4n) is 3.58. The van der Waals surface area contributed by atoms with Crippen LogP contribution in [0.1, 0.15) is 55.6 Å². The Labute approximate surface area is 171 Å². The van der Waals surface area contributed by atoms with Crippen molar-refractivity contribution in [2.75, 3.05) is 6.54 Å². The first-order valence-electron chi connectivity index (χ1n) is 9.99. The van der Waals surface area contributed by atoms with Crippen LogP contribution in [0.3, 0.4) is 0 Å². The first kappa shape index (κ1) is 20.5. The topological polar surface area (TPSA) is 42.3 Å². The van der Waals surface area contributed by atoms with Crippen LogP contribution < -0.4 is 0 Å². The summed E-state index contributed by atoms with van der Waals surface area (Å²) in [6, 6.07) is 10.8. The van der Waals surface area contributed by atoms with Gasteiger partial charge in [0.2, 0.25) is 0 Å². The summed E-state index contributed by atoms with van der Waals surface area (Å²) in [4.78, 5) is 26.4. The van der Waals surface area contributed by atoms with Gasteiger partial charge < -0.3 is 4.57 Å². The fourth-order valence-corrected chi connectivity index (χ4v) is 4.44. The highest BCUT2D eigenvalue weighted by Gasteiger charge is 2.34. The number of aromatic nitrogens is 1. The van der Waals surface area contributed by atoms with Gasteiger partial charge in [-0.05, 0) is 80.3 Å². The number of carbonyl (C=O) groups excluding carboxylic acids is 2. The molecule has 1 aromatic carbocycles. The molecule has 1 aromatic heterocycles. The summed E-state index contributed by atoms with van der Waals surface area (Å²) in [7, 11) is 0. The van der Waals surface area contributed by atoms with Crippen molar-refractivity contribution in [3.63, 3.8) is 0 Å². The zero-order chi connectivity index (χ0) is 20.3. The molecular weight excluding hydrogens is 368 g/mol. The highest BCUT2D eigenvalue weighted by atomic mass is 32.2. The van der Waals surface area contributed by atoms with Gasteiger partial charge >= 0.3 is 0 Å². The van der Waals surface area contributed by atoms with E-state index in [0.717, 1.165) is 47.2 Å². The number of hydrogen-bond acceptors (Lipinski definition) is 3. The van der Waals surface area contributed by atoms with Crippen LogP contribution in [0.25, 0.3) is 11.8 Å². The maximum absolute atomic E-state index is 12.5. The average Bonchev–Trinajstić information content (AvgIpc) is 3.11. The van der Waals surface area contributed by atoms with Gasteiger partial charge in [-0.15, -0.1) is 0 Å². The summed E-state index contributed by atoms with van der Waals surface area (Å²) in [6.07, 6.45) is 6.14. The molecule has 0 saturated carbocycles. The standard InChI is InChI=1S/C23H28N2O2S/c1-5-7-8-18-9-11-20(12-10-18)25-16(3)14-19(17(25)4)15-21-22(26)24(13-6-2)23(27)28-21/h9-12,14-15H,5-8,13H2,1-4H3/b21-15+. The maximum Gasteiger partial charge on any atom is 0.293 e. The molecule has 0 unspecified atom stereocenters. The largest absolute Gasteiger partial charge is 0.318 e. The molecule has 1 saturated heterocycles. The SMILES string of the molecule is CCCCc1ccc(-n2c(C)cc(/C=C3/SC(=O)N(CCC)C3=O)c2C)cc1. The predicted molar refractivity (Wildman–Crippen MR) is 117 cm³/mol. The minimum atomic E-state index is -0.179. The number of hydrogen-bond donors (Lipinski definition) is 0. The third-order valence-electron chi connectivity index (χ3n) is 5.09. The van der Waals surface area contributed by atoms with Gasteiger partial charge in [0.15, 0.2) is 0 Å². The minimum absolute atomic E-state index is 0.172. The van der Waals surface area contributed by atoms with Crippen LogP contribution >= 0.6 is 11.8 Å². The molecular formula is C23H28N2O2S. The number of aryl methyl sites for hydroxylation is 2. The number of benzene rings is 1. The molecule has 1 aliphatic heterocycles. The number of thioether (sulfide) groups is 1. The van der Waals surface area contributed by atoms with E-state index < -0.39 is 0 Å². The quantitative estimate of drug-likeness (QED) is 0.549. The molecule has 4 nitrogen and oxygen atoms in total. The van der Waals surface area contributed by atoms with E-state index in [4.69, 9.17) is 0 Å². The lowest BCUT2D eigenvalue weighted by molar-refractivity contribution is -0.122. The Hall–Kier alpha value is -2.27. The van der Waals surface area contributed by atoms with Gasteiger partial charge in [0.1, 0.15) is 0 Å². The number of amides is 2. The van der Waals surface area contributed by atoms with Crippen LogP contribution in [-0.4, -0.2) is 27.2 Å². The van der Waals surface area contributed by atoms with Crippen molar-refractivity contribution in [2.24, 2.45) is 0 Å². The molecule has 0 aliphatic carbocycles. The average molecular weight is 397 g/mol. The van der Waals surface area contributed by atoms with Crippen LogP contribution in [0.4, 0.5) is 4.79 Å². The number of imide groups is 1. The third-order valence-corrected chi connectivity index (χ3v) is 6.00. The Morgan fingerprint density at radius 1 is 1.04 bits per heavy atom. The highest BCUT2D eigenvalue weighted by Crippen LogP contribution is 2.33. The molecule has 148 valence electrons. The lowest BCUT2D eigenvalue weighted by Crippen LogP contribution is -2.28. The zero-order valence-electron chi connectivity index (χ0n) is 17.1. The van der Waals surface area contributed by atoms with Gasteiger partial charge in [-0.3, -0.25) is 14.5 Å². The monoisotopic (exact) mass is 396 g/mol. The molecule has 2 amide bonds. The zero-order valence-corrected chi connectivity index (χ0v) is 17.9. The molecule has 0 spiro atoms. The normalized spacial score (nSPS) is 15.9. The summed E-state index contributed by atoms with van der Waals surface area (Å²) in [5, 5.41) is -0.172. The van der Waals surface area contributed by atoms with Crippen molar-refractivity contribution < 1.29 is 9.59 Å². The Balaban J connectivity index is 1.88. The van der Waals surface area contributed by atoms with E-state index in [1.807, 2.05) is 13.0 Å². The van der Waals surface area contributed by atoms with Crippen molar-refractivity contribution in [2.45, 2.75) is 53.4 Å². The lowest BCUT2D eigenvalue weighted by atomic mass is 10.1. The molecule has 5 heteroatoms. The van der Waals surface area contributed by atoms with Gasteiger partial charge in [-0.1, -0.05) is 32.4 Å². The molecule has 0 radical (unpaired) electrons. The van der Waals surface area contributed by atoms with Gasteiger partial charge in [-0.2, -0.15) is 0 Å². The van der Waals surface area contributed by atoms with Crippen LogP contribution in [0.5, 0.6) is 0 Å². The Morgan fingerprint density at radius 3 is 2.39 bits per heavy atom. The first-order valence-corrected chi connectivity index (χ1v) is 10.8. The molecule has 2 heterocycles. The molecule has 0 atom stereocenters. The molecule has 0 bridgehead atoms. The summed E-state index contributed by atoms with van der Waals surface area (Å²) in [5.74, 6) is -0.179. The van der Waals surface area contributed by atoms with E-state index in [1.54, 1.807) is 0 Å². The van der Waals surface area contributed by atoms with Gasteiger partial charge in [-0.25, -0.2) is 0 Å². The summed E-state index contributed by atoms with van der Waals surface area (Å²) >= 11 is 1.04. The van der Waals surface area contributed by atoms with Crippen LogP contribution in [0, 0.1) is 13.8 Å². The number of rotatable bonds is 7. The van der Waals surface area contributed by atoms with Crippen molar-refractivity contribution in [3.05, 3.63) is 57.8 Å². The van der Waals surface area contributed by atoms with Crippen molar-refractivity contribution in [1.82, 2.24) is 9.47 Å². The second-order valence-corrected chi connectivity index (χ2v) is 8.26. The van der Waals surface area contributed by atoms with E-state index in [0.29, 0.717) is 11.4 Å². The van der Waals surface area contributed by atoms with Gasteiger partial charge in [0, 0.05) is 23.6 Å². The van der Waals surface area contributed by atoms with E-state index in [9.17, 15) is 9.59 Å².